The number of anilines is 1. The van der Waals surface area contributed by atoms with E-state index in [0.29, 0.717) is 6.04 Å². The largest absolute Gasteiger partial charge is 0.339 e. The average Bonchev–Trinajstić information content (AvgIpc) is 2.25. The number of carbonyl (C=O) groups excluding carboxylic acids is 1. The van der Waals surface area contributed by atoms with E-state index in [1.165, 1.54) is 6.42 Å². The Kier molecular flexibility index (Phi) is 3.33. The van der Waals surface area contributed by atoms with Crippen LogP contribution in [0.4, 0.5) is 5.69 Å². The monoisotopic (exact) mass is 233 g/mol. The molecule has 0 aliphatic heterocycles. The van der Waals surface area contributed by atoms with Gasteiger partial charge in [0.15, 0.2) is 0 Å². The number of hydrazine groups is 1. The van der Waals surface area contributed by atoms with Crippen LogP contribution in [-0.2, 0) is 0 Å². The highest BCUT2D eigenvalue weighted by molar-refractivity contribution is 5.95. The van der Waals surface area contributed by atoms with Gasteiger partial charge in [0.25, 0.3) is 5.91 Å². The van der Waals surface area contributed by atoms with Gasteiger partial charge in [-0.15, -0.1) is 0 Å². The molecule has 4 nitrogen and oxygen atoms in total. The number of rotatable bonds is 3. The summed E-state index contributed by atoms with van der Waals surface area (Å²) in [5.74, 6) is 5.47. The molecule has 0 bridgehead atoms. The minimum Gasteiger partial charge on any atom is -0.339 e. The van der Waals surface area contributed by atoms with Crippen LogP contribution in [0.15, 0.2) is 18.2 Å². The van der Waals surface area contributed by atoms with Crippen molar-refractivity contribution >= 4 is 11.6 Å². The number of nitrogens with one attached hydrogen (secondary N) is 1. The van der Waals surface area contributed by atoms with Gasteiger partial charge >= 0.3 is 0 Å². The lowest BCUT2D eigenvalue weighted by molar-refractivity contribution is 0.0652. The summed E-state index contributed by atoms with van der Waals surface area (Å²) in [5, 5.41) is 0. The van der Waals surface area contributed by atoms with Crippen LogP contribution < -0.4 is 11.3 Å². The maximum Gasteiger partial charge on any atom is 0.253 e. The van der Waals surface area contributed by atoms with Crippen LogP contribution in [-0.4, -0.2) is 23.9 Å². The number of amides is 1. The molecule has 2 rings (SSSR count). The van der Waals surface area contributed by atoms with Crippen molar-refractivity contribution in [3.05, 3.63) is 29.3 Å². The first-order valence-electron chi connectivity index (χ1n) is 5.98. The van der Waals surface area contributed by atoms with Crippen molar-refractivity contribution in [1.82, 2.24) is 4.90 Å². The zero-order chi connectivity index (χ0) is 12.4. The number of carbonyl (C=O) groups is 1. The highest BCUT2D eigenvalue weighted by Crippen LogP contribution is 2.25. The predicted molar refractivity (Wildman–Crippen MR) is 68.7 cm³/mol. The Balaban J connectivity index is 2.15. The Morgan fingerprint density at radius 3 is 2.65 bits per heavy atom. The summed E-state index contributed by atoms with van der Waals surface area (Å²) in [6.07, 6.45) is 3.49. The molecular formula is C13H19N3O. The molecule has 0 radical (unpaired) electrons. The Labute approximate surface area is 102 Å². The summed E-state index contributed by atoms with van der Waals surface area (Å²) < 4.78 is 0. The van der Waals surface area contributed by atoms with Crippen LogP contribution in [0.5, 0.6) is 0 Å². The second kappa shape index (κ2) is 4.75. The second-order valence-corrected chi connectivity index (χ2v) is 4.67. The summed E-state index contributed by atoms with van der Waals surface area (Å²) in [6.45, 7) is 1.94. The number of nitrogens with zero attached hydrogens (tertiary/aromatic N) is 1. The number of nitrogens with two attached hydrogens (primary N) is 1. The molecule has 1 aromatic carbocycles. The number of benzene rings is 1. The smallest absolute Gasteiger partial charge is 0.253 e. The van der Waals surface area contributed by atoms with Crippen LogP contribution in [0.3, 0.4) is 0 Å². The maximum absolute atomic E-state index is 12.2. The topological polar surface area (TPSA) is 58.4 Å². The number of hydrogen-bond donors (Lipinski definition) is 2. The molecule has 0 heterocycles. The van der Waals surface area contributed by atoms with Crippen molar-refractivity contribution in [3.8, 4) is 0 Å². The molecule has 1 amide bonds. The number of hydrogen-bond acceptors (Lipinski definition) is 3. The minimum atomic E-state index is 0.0985. The van der Waals surface area contributed by atoms with Crippen LogP contribution in [0.25, 0.3) is 0 Å². The molecule has 1 fully saturated rings. The summed E-state index contributed by atoms with van der Waals surface area (Å²) in [6, 6.07) is 5.97. The molecule has 0 atom stereocenters. The Morgan fingerprint density at radius 2 is 2.18 bits per heavy atom. The third-order valence-electron chi connectivity index (χ3n) is 3.57. The molecule has 0 spiro atoms. The molecule has 0 aromatic heterocycles. The van der Waals surface area contributed by atoms with Gasteiger partial charge in [0.05, 0.1) is 5.69 Å². The zero-order valence-electron chi connectivity index (χ0n) is 10.4. The molecule has 0 unspecified atom stereocenters. The van der Waals surface area contributed by atoms with Gasteiger partial charge in [0.2, 0.25) is 0 Å². The highest BCUT2D eigenvalue weighted by atomic mass is 16.2. The van der Waals surface area contributed by atoms with Gasteiger partial charge in [-0.2, -0.15) is 0 Å². The third-order valence-corrected chi connectivity index (χ3v) is 3.57. The predicted octanol–water partition coefficient (Wildman–Crippen LogP) is 1.91. The van der Waals surface area contributed by atoms with E-state index in [4.69, 9.17) is 5.84 Å². The minimum absolute atomic E-state index is 0.0985. The van der Waals surface area contributed by atoms with Crippen LogP contribution in [0, 0.1) is 6.92 Å². The van der Waals surface area contributed by atoms with Gasteiger partial charge in [-0.25, -0.2) is 0 Å². The lowest BCUT2D eigenvalue weighted by Crippen LogP contribution is -2.41. The van der Waals surface area contributed by atoms with Crippen LogP contribution in [0.1, 0.15) is 35.2 Å². The van der Waals surface area contributed by atoms with E-state index in [1.54, 1.807) is 0 Å². The summed E-state index contributed by atoms with van der Waals surface area (Å²) in [4.78, 5) is 14.1. The Morgan fingerprint density at radius 1 is 1.47 bits per heavy atom. The van der Waals surface area contributed by atoms with Crippen LogP contribution >= 0.6 is 0 Å². The van der Waals surface area contributed by atoms with Crippen molar-refractivity contribution < 1.29 is 4.79 Å². The van der Waals surface area contributed by atoms with E-state index in [9.17, 15) is 4.79 Å². The molecule has 0 saturated heterocycles. The molecule has 17 heavy (non-hydrogen) atoms. The Bertz CT molecular complexity index is 427. The molecule has 1 saturated carbocycles. The molecule has 92 valence electrons. The number of aryl methyl sites for hydroxylation is 1. The third kappa shape index (κ3) is 2.26. The van der Waals surface area contributed by atoms with Gasteiger partial charge in [0, 0.05) is 18.7 Å². The van der Waals surface area contributed by atoms with Gasteiger partial charge in [0.1, 0.15) is 0 Å². The zero-order valence-corrected chi connectivity index (χ0v) is 10.4. The van der Waals surface area contributed by atoms with E-state index >= 15 is 0 Å². The van der Waals surface area contributed by atoms with E-state index in [1.807, 2.05) is 37.1 Å². The molecule has 1 aliphatic carbocycles. The summed E-state index contributed by atoms with van der Waals surface area (Å²) in [5.41, 5.74) is 5.18. The van der Waals surface area contributed by atoms with E-state index in [2.05, 4.69) is 5.43 Å². The van der Waals surface area contributed by atoms with Gasteiger partial charge in [-0.1, -0.05) is 0 Å². The molecule has 3 N–H and O–H groups in total. The highest BCUT2D eigenvalue weighted by Gasteiger charge is 2.26. The molecule has 1 aliphatic rings. The Hall–Kier alpha value is -1.55. The van der Waals surface area contributed by atoms with Crippen molar-refractivity contribution in [2.75, 3.05) is 12.5 Å². The van der Waals surface area contributed by atoms with Gasteiger partial charge < -0.3 is 10.3 Å². The standard InChI is InChI=1S/C13H19N3O/c1-9-8-10(6-7-12(9)15-14)13(17)16(2)11-4-3-5-11/h6-8,11,15H,3-5,14H2,1-2H3. The molecule has 4 heteroatoms. The fourth-order valence-corrected chi connectivity index (χ4v) is 2.10. The first-order valence-corrected chi connectivity index (χ1v) is 5.98. The van der Waals surface area contributed by atoms with Gasteiger partial charge in [-0.3, -0.25) is 10.6 Å². The normalized spacial score (nSPS) is 15.2. The summed E-state index contributed by atoms with van der Waals surface area (Å²) >= 11 is 0. The van der Waals surface area contributed by atoms with Crippen LogP contribution in [0.2, 0.25) is 0 Å². The first kappa shape index (κ1) is 11.9. The van der Waals surface area contributed by atoms with Gasteiger partial charge in [-0.05, 0) is 49.9 Å². The average molecular weight is 233 g/mol. The molecule has 1 aromatic rings. The van der Waals surface area contributed by atoms with Crippen molar-refractivity contribution in [2.24, 2.45) is 5.84 Å². The van der Waals surface area contributed by atoms with Crippen molar-refractivity contribution in [3.63, 3.8) is 0 Å². The second-order valence-electron chi connectivity index (χ2n) is 4.67. The van der Waals surface area contributed by atoms with E-state index < -0.39 is 0 Å². The fraction of sp³-hybridized carbons (Fsp3) is 0.462. The van der Waals surface area contributed by atoms with E-state index in [-0.39, 0.29) is 5.91 Å². The fourth-order valence-electron chi connectivity index (χ4n) is 2.10. The lowest BCUT2D eigenvalue weighted by Gasteiger charge is -2.34. The maximum atomic E-state index is 12.2. The van der Waals surface area contributed by atoms with E-state index in [0.717, 1.165) is 29.7 Å². The van der Waals surface area contributed by atoms with Crippen molar-refractivity contribution in [1.29, 1.82) is 0 Å². The quantitative estimate of drug-likeness (QED) is 0.619. The van der Waals surface area contributed by atoms with Crippen molar-refractivity contribution in [2.45, 2.75) is 32.2 Å². The first-order chi connectivity index (χ1) is 8.13. The molecular weight excluding hydrogens is 214 g/mol. The lowest BCUT2D eigenvalue weighted by atomic mass is 9.91. The SMILES string of the molecule is Cc1cc(C(=O)N(C)C2CCC2)ccc1NN. The number of nitrogen functional groups attached to an aromatic ring is 1. The summed E-state index contributed by atoms with van der Waals surface area (Å²) in [7, 11) is 1.89.